The van der Waals surface area contributed by atoms with E-state index < -0.39 is 0 Å². The van der Waals surface area contributed by atoms with E-state index in [-0.39, 0.29) is 18.1 Å². The summed E-state index contributed by atoms with van der Waals surface area (Å²) in [4.78, 5) is 15.0. The van der Waals surface area contributed by atoms with Gasteiger partial charge in [0.05, 0.1) is 25.0 Å². The normalized spacial score (nSPS) is 21.3. The van der Waals surface area contributed by atoms with E-state index in [1.807, 2.05) is 29.2 Å². The van der Waals surface area contributed by atoms with Crippen LogP contribution < -0.4 is 5.32 Å². The van der Waals surface area contributed by atoms with Gasteiger partial charge < -0.3 is 19.4 Å². The number of fused-ring (bicyclic) bond motifs is 3. The van der Waals surface area contributed by atoms with Crippen molar-refractivity contribution >= 4 is 27.6 Å². The van der Waals surface area contributed by atoms with Crippen LogP contribution in [0.25, 0.3) is 32.9 Å². The molecule has 2 aliphatic rings. The van der Waals surface area contributed by atoms with Crippen molar-refractivity contribution in [2.45, 2.75) is 12.1 Å². The number of amides is 1. The number of hydrogen-bond donors (Lipinski definition) is 1. The molecule has 5 heteroatoms. The van der Waals surface area contributed by atoms with Crippen LogP contribution in [0.3, 0.4) is 0 Å². The second-order valence-electron chi connectivity index (χ2n) is 8.09. The largest absolute Gasteiger partial charge is 0.464 e. The molecule has 3 aromatic carbocycles. The Labute approximate surface area is 174 Å². The van der Waals surface area contributed by atoms with Crippen LogP contribution in [0.2, 0.25) is 0 Å². The topological polar surface area (TPSA) is 54.7 Å². The smallest absolute Gasteiger partial charge is 0.254 e. The average Bonchev–Trinajstić information content (AvgIpc) is 3.44. The van der Waals surface area contributed by atoms with Gasteiger partial charge in [0.2, 0.25) is 0 Å². The molecule has 0 unspecified atom stereocenters. The van der Waals surface area contributed by atoms with Crippen LogP contribution in [0, 0.1) is 0 Å². The molecule has 2 aliphatic heterocycles. The molecule has 0 aliphatic carbocycles. The molecule has 1 N–H and O–H groups in total. The minimum atomic E-state index is 0.0686. The molecule has 2 fully saturated rings. The van der Waals surface area contributed by atoms with Crippen LogP contribution in [0.4, 0.5) is 0 Å². The summed E-state index contributed by atoms with van der Waals surface area (Å²) in [6.07, 6.45) is 1.82. The number of nitrogens with one attached hydrogen (secondary N) is 1. The minimum Gasteiger partial charge on any atom is -0.464 e. The third-order valence-electron chi connectivity index (χ3n) is 6.29. The van der Waals surface area contributed by atoms with Crippen molar-refractivity contribution in [3.63, 3.8) is 0 Å². The molecule has 0 saturated carbocycles. The Morgan fingerprint density at radius 3 is 2.90 bits per heavy atom. The van der Waals surface area contributed by atoms with Crippen LogP contribution in [-0.2, 0) is 4.74 Å². The van der Waals surface area contributed by atoms with Crippen molar-refractivity contribution in [1.29, 1.82) is 0 Å². The molecule has 5 nitrogen and oxygen atoms in total. The molecule has 6 rings (SSSR count). The fraction of sp³-hybridized carbons (Fsp3) is 0.240. The zero-order valence-corrected chi connectivity index (χ0v) is 16.5. The zero-order valence-electron chi connectivity index (χ0n) is 16.5. The van der Waals surface area contributed by atoms with E-state index in [2.05, 4.69) is 41.7 Å². The van der Waals surface area contributed by atoms with Crippen LogP contribution in [0.1, 0.15) is 10.4 Å². The van der Waals surface area contributed by atoms with Gasteiger partial charge in [-0.1, -0.05) is 36.4 Å². The van der Waals surface area contributed by atoms with E-state index in [4.69, 9.17) is 9.15 Å². The van der Waals surface area contributed by atoms with Crippen molar-refractivity contribution in [3.8, 4) is 11.1 Å². The van der Waals surface area contributed by atoms with E-state index in [0.717, 1.165) is 45.0 Å². The SMILES string of the molecule is O=C(c1ccc2c(-c3ccc4ccoc4c3)cccc2c1)N1C[C@@H]2NCCO[C@@H]2C1. The lowest BCUT2D eigenvalue weighted by molar-refractivity contribution is 0.0176. The lowest BCUT2D eigenvalue weighted by atomic mass is 9.96. The van der Waals surface area contributed by atoms with Crippen molar-refractivity contribution in [2.24, 2.45) is 0 Å². The fourth-order valence-electron chi connectivity index (χ4n) is 4.73. The monoisotopic (exact) mass is 398 g/mol. The number of nitrogens with zero attached hydrogens (tertiary/aromatic N) is 1. The first kappa shape index (κ1) is 17.7. The fourth-order valence-corrected chi connectivity index (χ4v) is 4.73. The van der Waals surface area contributed by atoms with Crippen LogP contribution in [-0.4, -0.2) is 49.2 Å². The van der Waals surface area contributed by atoms with Gasteiger partial charge in [0.25, 0.3) is 5.91 Å². The number of hydrogen-bond acceptors (Lipinski definition) is 4. The van der Waals surface area contributed by atoms with Gasteiger partial charge in [-0.2, -0.15) is 0 Å². The summed E-state index contributed by atoms with van der Waals surface area (Å²) in [6.45, 7) is 2.92. The molecule has 30 heavy (non-hydrogen) atoms. The molecule has 2 saturated heterocycles. The maximum Gasteiger partial charge on any atom is 0.254 e. The summed E-state index contributed by atoms with van der Waals surface area (Å²) >= 11 is 0. The van der Waals surface area contributed by atoms with Gasteiger partial charge in [-0.05, 0) is 46.2 Å². The number of ether oxygens (including phenoxy) is 1. The van der Waals surface area contributed by atoms with Crippen LogP contribution in [0.15, 0.2) is 71.3 Å². The van der Waals surface area contributed by atoms with Gasteiger partial charge in [-0.3, -0.25) is 4.79 Å². The van der Waals surface area contributed by atoms with Crippen LogP contribution >= 0.6 is 0 Å². The highest BCUT2D eigenvalue weighted by atomic mass is 16.5. The average molecular weight is 398 g/mol. The number of benzene rings is 3. The Morgan fingerprint density at radius 2 is 1.97 bits per heavy atom. The molecule has 0 radical (unpaired) electrons. The molecule has 4 aromatic rings. The predicted octanol–water partition coefficient (Wildman–Crippen LogP) is 4.07. The summed E-state index contributed by atoms with van der Waals surface area (Å²) in [7, 11) is 0. The highest BCUT2D eigenvalue weighted by molar-refractivity contribution is 6.03. The number of furan rings is 1. The third-order valence-corrected chi connectivity index (χ3v) is 6.29. The second-order valence-corrected chi connectivity index (χ2v) is 8.09. The summed E-state index contributed by atoms with van der Waals surface area (Å²) in [5.41, 5.74) is 3.84. The van der Waals surface area contributed by atoms with E-state index in [1.165, 1.54) is 0 Å². The molecular formula is C25H22N2O3. The molecule has 2 atom stereocenters. The Hall–Kier alpha value is -3.15. The standard InChI is InChI=1S/C25H22N2O3/c28-25(27-14-22-24(15-27)30-11-9-26-22)19-6-7-21-17(12-19)2-1-3-20(21)18-5-4-16-8-10-29-23(16)13-18/h1-8,10,12-13,22,24,26H,9,11,14-15H2/t22-,24+/m0/s1. The predicted molar refractivity (Wildman–Crippen MR) is 117 cm³/mol. The van der Waals surface area contributed by atoms with Gasteiger partial charge in [-0.15, -0.1) is 0 Å². The van der Waals surface area contributed by atoms with E-state index >= 15 is 0 Å². The second kappa shape index (κ2) is 6.97. The lowest BCUT2D eigenvalue weighted by Gasteiger charge is -2.25. The first-order valence-corrected chi connectivity index (χ1v) is 10.4. The van der Waals surface area contributed by atoms with Gasteiger partial charge in [0.1, 0.15) is 5.58 Å². The van der Waals surface area contributed by atoms with Gasteiger partial charge in [-0.25, -0.2) is 0 Å². The van der Waals surface area contributed by atoms with Gasteiger partial charge in [0, 0.05) is 30.6 Å². The van der Waals surface area contributed by atoms with Gasteiger partial charge >= 0.3 is 0 Å². The molecule has 1 aromatic heterocycles. The Balaban J connectivity index is 1.34. The Bertz CT molecular complexity index is 1250. The number of likely N-dealkylation sites (tertiary alicyclic amines) is 1. The van der Waals surface area contributed by atoms with Crippen LogP contribution in [0.5, 0.6) is 0 Å². The van der Waals surface area contributed by atoms with Crippen molar-refractivity contribution < 1.29 is 13.9 Å². The maximum atomic E-state index is 13.1. The van der Waals surface area contributed by atoms with E-state index in [0.29, 0.717) is 19.7 Å². The number of carbonyl (C=O) groups excluding carboxylic acids is 1. The Kier molecular flexibility index (Phi) is 4.11. The summed E-state index contributed by atoms with van der Waals surface area (Å²) in [5, 5.41) is 6.73. The summed E-state index contributed by atoms with van der Waals surface area (Å²) < 4.78 is 11.4. The molecule has 150 valence electrons. The number of rotatable bonds is 2. The summed E-state index contributed by atoms with van der Waals surface area (Å²) in [6, 6.07) is 20.7. The minimum absolute atomic E-state index is 0.0686. The first-order chi connectivity index (χ1) is 14.8. The summed E-state index contributed by atoms with van der Waals surface area (Å²) in [5.74, 6) is 0.0686. The van der Waals surface area contributed by atoms with Crippen molar-refractivity contribution in [2.75, 3.05) is 26.2 Å². The zero-order chi connectivity index (χ0) is 20.1. The lowest BCUT2D eigenvalue weighted by Crippen LogP contribution is -2.47. The quantitative estimate of drug-likeness (QED) is 0.553. The van der Waals surface area contributed by atoms with Gasteiger partial charge in [0.15, 0.2) is 0 Å². The molecule has 3 heterocycles. The third kappa shape index (κ3) is 2.90. The molecule has 1 amide bonds. The maximum absolute atomic E-state index is 13.1. The number of morpholine rings is 1. The highest BCUT2D eigenvalue weighted by Gasteiger charge is 2.37. The van der Waals surface area contributed by atoms with E-state index in [9.17, 15) is 4.79 Å². The molecule has 0 spiro atoms. The van der Waals surface area contributed by atoms with Crippen molar-refractivity contribution in [1.82, 2.24) is 10.2 Å². The van der Waals surface area contributed by atoms with Crippen molar-refractivity contribution in [3.05, 3.63) is 72.5 Å². The molecular weight excluding hydrogens is 376 g/mol. The highest BCUT2D eigenvalue weighted by Crippen LogP contribution is 2.32. The van der Waals surface area contributed by atoms with E-state index in [1.54, 1.807) is 6.26 Å². The Morgan fingerprint density at radius 1 is 1.00 bits per heavy atom. The number of carbonyl (C=O) groups is 1. The first-order valence-electron chi connectivity index (χ1n) is 10.4. The molecule has 0 bridgehead atoms.